The highest BCUT2D eigenvalue weighted by atomic mass is 16.5. The number of ether oxygens (including phenoxy) is 1. The Hall–Kier alpha value is -1.43. The van der Waals surface area contributed by atoms with E-state index >= 15 is 0 Å². The standard InChI is InChI=1S/C13H22N4O2/c1-4-17(8-10-6-5-7-19-10)13(18)12-14-11(9(2)3)15-16-12/h9-10H,4-8H2,1-3H3,(H,14,15,16). The van der Waals surface area contributed by atoms with Gasteiger partial charge in [0.1, 0.15) is 5.82 Å². The van der Waals surface area contributed by atoms with Crippen molar-refractivity contribution in [2.24, 2.45) is 0 Å². The van der Waals surface area contributed by atoms with Gasteiger partial charge in [-0.1, -0.05) is 13.8 Å². The molecule has 1 N–H and O–H groups in total. The van der Waals surface area contributed by atoms with Crippen LogP contribution in [0.4, 0.5) is 0 Å². The third kappa shape index (κ3) is 3.32. The van der Waals surface area contributed by atoms with Crippen molar-refractivity contribution in [2.75, 3.05) is 19.7 Å². The lowest BCUT2D eigenvalue weighted by Gasteiger charge is -2.22. The molecular weight excluding hydrogens is 244 g/mol. The van der Waals surface area contributed by atoms with Crippen LogP contribution in [0.15, 0.2) is 0 Å². The van der Waals surface area contributed by atoms with Gasteiger partial charge in [-0.25, -0.2) is 4.98 Å². The summed E-state index contributed by atoms with van der Waals surface area (Å²) >= 11 is 0. The quantitative estimate of drug-likeness (QED) is 0.878. The van der Waals surface area contributed by atoms with Crippen molar-refractivity contribution >= 4 is 5.91 Å². The molecule has 106 valence electrons. The third-order valence-electron chi connectivity index (χ3n) is 3.36. The Balaban J connectivity index is 2.02. The summed E-state index contributed by atoms with van der Waals surface area (Å²) in [6.07, 6.45) is 2.26. The van der Waals surface area contributed by atoms with Gasteiger partial charge in [0.25, 0.3) is 5.91 Å². The van der Waals surface area contributed by atoms with Crippen LogP contribution in [0.3, 0.4) is 0 Å². The van der Waals surface area contributed by atoms with Crippen LogP contribution in [-0.4, -0.2) is 51.8 Å². The van der Waals surface area contributed by atoms with Crippen LogP contribution < -0.4 is 0 Å². The maximum Gasteiger partial charge on any atom is 0.293 e. The van der Waals surface area contributed by atoms with Crippen LogP contribution in [0.25, 0.3) is 0 Å². The van der Waals surface area contributed by atoms with Crippen molar-refractivity contribution in [2.45, 2.75) is 45.6 Å². The number of amides is 1. The average Bonchev–Trinajstić information content (AvgIpc) is 3.06. The van der Waals surface area contributed by atoms with E-state index in [-0.39, 0.29) is 23.8 Å². The van der Waals surface area contributed by atoms with Gasteiger partial charge < -0.3 is 9.64 Å². The summed E-state index contributed by atoms with van der Waals surface area (Å²) < 4.78 is 5.57. The molecular formula is C13H22N4O2. The molecule has 1 aliphatic heterocycles. The zero-order valence-electron chi connectivity index (χ0n) is 11.8. The Labute approximate surface area is 113 Å². The molecule has 1 aromatic rings. The van der Waals surface area contributed by atoms with Crippen LogP contribution in [0.2, 0.25) is 0 Å². The number of rotatable bonds is 5. The van der Waals surface area contributed by atoms with E-state index in [1.807, 2.05) is 20.8 Å². The second-order valence-electron chi connectivity index (χ2n) is 5.18. The van der Waals surface area contributed by atoms with Gasteiger partial charge in [-0.05, 0) is 19.8 Å². The summed E-state index contributed by atoms with van der Waals surface area (Å²) in [5, 5.41) is 6.83. The fourth-order valence-electron chi connectivity index (χ4n) is 2.16. The molecule has 2 heterocycles. The SMILES string of the molecule is CCN(CC1CCCO1)C(=O)c1n[nH]c(C(C)C)n1. The van der Waals surface area contributed by atoms with Crippen LogP contribution in [0.1, 0.15) is 56.0 Å². The van der Waals surface area contributed by atoms with E-state index in [0.29, 0.717) is 13.1 Å². The minimum absolute atomic E-state index is 0.124. The van der Waals surface area contributed by atoms with Crippen molar-refractivity contribution in [3.8, 4) is 0 Å². The van der Waals surface area contributed by atoms with Gasteiger partial charge in [-0.15, -0.1) is 5.10 Å². The number of hydrogen-bond donors (Lipinski definition) is 1. The highest BCUT2D eigenvalue weighted by Crippen LogP contribution is 2.15. The summed E-state index contributed by atoms with van der Waals surface area (Å²) in [6.45, 7) is 8.06. The molecule has 0 aromatic carbocycles. The number of likely N-dealkylation sites (N-methyl/N-ethyl adjacent to an activating group) is 1. The Bertz CT molecular complexity index is 424. The lowest BCUT2D eigenvalue weighted by Crippen LogP contribution is -2.37. The van der Waals surface area contributed by atoms with Gasteiger partial charge >= 0.3 is 0 Å². The van der Waals surface area contributed by atoms with Crippen LogP contribution >= 0.6 is 0 Å². The number of aromatic amines is 1. The minimum atomic E-state index is -0.124. The largest absolute Gasteiger partial charge is 0.376 e. The number of carbonyl (C=O) groups excluding carboxylic acids is 1. The highest BCUT2D eigenvalue weighted by Gasteiger charge is 2.24. The summed E-state index contributed by atoms with van der Waals surface area (Å²) in [7, 11) is 0. The number of carbonyl (C=O) groups is 1. The van der Waals surface area contributed by atoms with Crippen molar-refractivity contribution in [1.29, 1.82) is 0 Å². The van der Waals surface area contributed by atoms with Crippen LogP contribution in [-0.2, 0) is 4.74 Å². The molecule has 1 fully saturated rings. The maximum absolute atomic E-state index is 12.3. The predicted octanol–water partition coefficient (Wildman–Crippen LogP) is 1.57. The summed E-state index contributed by atoms with van der Waals surface area (Å²) in [4.78, 5) is 18.3. The first kappa shape index (κ1) is 14.0. The molecule has 1 atom stereocenters. The Morgan fingerprint density at radius 3 is 2.89 bits per heavy atom. The molecule has 19 heavy (non-hydrogen) atoms. The number of nitrogens with zero attached hydrogens (tertiary/aromatic N) is 3. The zero-order valence-corrected chi connectivity index (χ0v) is 11.8. The zero-order chi connectivity index (χ0) is 13.8. The van der Waals surface area contributed by atoms with Gasteiger partial charge in [0.2, 0.25) is 5.82 Å². The Morgan fingerprint density at radius 1 is 1.58 bits per heavy atom. The smallest absolute Gasteiger partial charge is 0.293 e. The lowest BCUT2D eigenvalue weighted by atomic mass is 10.2. The van der Waals surface area contributed by atoms with E-state index in [2.05, 4.69) is 15.2 Å². The molecule has 6 heteroatoms. The number of aromatic nitrogens is 3. The normalized spacial score (nSPS) is 19.1. The van der Waals surface area contributed by atoms with Crippen LogP contribution in [0.5, 0.6) is 0 Å². The summed E-state index contributed by atoms with van der Waals surface area (Å²) in [6, 6.07) is 0. The minimum Gasteiger partial charge on any atom is -0.376 e. The summed E-state index contributed by atoms with van der Waals surface area (Å²) in [5.41, 5.74) is 0. The Morgan fingerprint density at radius 2 is 2.37 bits per heavy atom. The van der Waals surface area contributed by atoms with Crippen molar-refractivity contribution in [3.05, 3.63) is 11.6 Å². The predicted molar refractivity (Wildman–Crippen MR) is 71.0 cm³/mol. The fourth-order valence-corrected chi connectivity index (χ4v) is 2.16. The molecule has 1 aromatic heterocycles. The molecule has 1 aliphatic rings. The molecule has 1 saturated heterocycles. The molecule has 1 amide bonds. The monoisotopic (exact) mass is 266 g/mol. The van der Waals surface area contributed by atoms with Gasteiger partial charge in [0, 0.05) is 25.6 Å². The molecule has 0 bridgehead atoms. The van der Waals surface area contributed by atoms with Crippen molar-refractivity contribution in [3.63, 3.8) is 0 Å². The van der Waals surface area contributed by atoms with E-state index < -0.39 is 0 Å². The maximum atomic E-state index is 12.3. The van der Waals surface area contributed by atoms with Gasteiger partial charge in [0.05, 0.1) is 6.10 Å². The van der Waals surface area contributed by atoms with E-state index in [1.165, 1.54) is 0 Å². The Kier molecular flexibility index (Phi) is 4.52. The first-order valence-electron chi connectivity index (χ1n) is 6.95. The molecule has 1 unspecified atom stereocenters. The molecule has 2 rings (SSSR count). The van der Waals surface area contributed by atoms with Crippen LogP contribution in [0, 0.1) is 0 Å². The number of H-pyrrole nitrogens is 1. The van der Waals surface area contributed by atoms with E-state index in [1.54, 1.807) is 4.90 Å². The van der Waals surface area contributed by atoms with E-state index in [9.17, 15) is 4.79 Å². The molecule has 0 aliphatic carbocycles. The lowest BCUT2D eigenvalue weighted by molar-refractivity contribution is 0.0530. The van der Waals surface area contributed by atoms with Gasteiger partial charge in [-0.3, -0.25) is 9.89 Å². The third-order valence-corrected chi connectivity index (χ3v) is 3.36. The topological polar surface area (TPSA) is 71.1 Å². The van der Waals surface area contributed by atoms with Gasteiger partial charge in [0.15, 0.2) is 0 Å². The first-order valence-corrected chi connectivity index (χ1v) is 6.95. The molecule has 0 saturated carbocycles. The van der Waals surface area contributed by atoms with E-state index in [0.717, 1.165) is 25.3 Å². The number of nitrogens with one attached hydrogen (secondary N) is 1. The summed E-state index contributed by atoms with van der Waals surface area (Å²) in [5.74, 6) is 1.11. The van der Waals surface area contributed by atoms with E-state index in [4.69, 9.17) is 4.74 Å². The van der Waals surface area contributed by atoms with Crippen molar-refractivity contribution in [1.82, 2.24) is 20.1 Å². The fraction of sp³-hybridized carbons (Fsp3) is 0.769. The second-order valence-corrected chi connectivity index (χ2v) is 5.18. The van der Waals surface area contributed by atoms with Crippen molar-refractivity contribution < 1.29 is 9.53 Å². The van der Waals surface area contributed by atoms with Gasteiger partial charge in [-0.2, -0.15) is 0 Å². The first-order chi connectivity index (χ1) is 9.11. The molecule has 6 nitrogen and oxygen atoms in total. The number of hydrogen-bond acceptors (Lipinski definition) is 4. The molecule has 0 spiro atoms. The molecule has 0 radical (unpaired) electrons. The second kappa shape index (κ2) is 6.14. The average molecular weight is 266 g/mol. The highest BCUT2D eigenvalue weighted by molar-refractivity contribution is 5.90.